The molecular weight excluding hydrogens is 1140 g/mol. The lowest BCUT2D eigenvalue weighted by molar-refractivity contribution is -0.167. The zero-order valence-corrected chi connectivity index (χ0v) is 64.3. The number of esters is 3. The summed E-state index contributed by atoms with van der Waals surface area (Å²) in [5.41, 5.74) is 0. The highest BCUT2D eigenvalue weighted by Gasteiger charge is 2.20. The second kappa shape index (κ2) is 81.1. The highest BCUT2D eigenvalue weighted by atomic mass is 16.6. The molecule has 0 radical (unpaired) electrons. The van der Waals surface area contributed by atoms with Crippen LogP contribution in [0.5, 0.6) is 0 Å². The van der Waals surface area contributed by atoms with E-state index in [0.717, 1.165) is 63.7 Å². The molecule has 1 unspecified atom stereocenters. The summed E-state index contributed by atoms with van der Waals surface area (Å²) in [5, 5.41) is 0. The van der Waals surface area contributed by atoms with Gasteiger partial charge in [-0.05, 0) is 25.2 Å². The summed E-state index contributed by atoms with van der Waals surface area (Å²) in [5.74, 6) is 0.151. The van der Waals surface area contributed by atoms with Gasteiger partial charge in [-0.15, -0.1) is 0 Å². The quantitative estimate of drug-likeness (QED) is 0.0343. The van der Waals surface area contributed by atoms with Gasteiger partial charge in [-0.25, -0.2) is 0 Å². The lowest BCUT2D eigenvalue weighted by Gasteiger charge is -2.18. The Kier molecular flexibility index (Phi) is 79.7. The van der Waals surface area contributed by atoms with Crippen molar-refractivity contribution in [2.24, 2.45) is 5.92 Å². The largest absolute Gasteiger partial charge is 0.462 e. The maximum absolute atomic E-state index is 13.0. The fraction of sp³-hybridized carbons (Fsp3) is 0.966. The molecule has 0 aromatic carbocycles. The second-order valence-electron chi connectivity index (χ2n) is 30.3. The van der Waals surface area contributed by atoms with Crippen LogP contribution >= 0.6 is 0 Å². The van der Waals surface area contributed by atoms with Crippen molar-refractivity contribution < 1.29 is 28.6 Å². The maximum Gasteiger partial charge on any atom is 0.306 e. The van der Waals surface area contributed by atoms with Gasteiger partial charge in [0.1, 0.15) is 13.2 Å². The van der Waals surface area contributed by atoms with Gasteiger partial charge in [-0.1, -0.05) is 477 Å². The molecule has 0 fully saturated rings. The molecule has 0 saturated heterocycles. The Bertz CT molecular complexity index is 1390. The first kappa shape index (κ1) is 91.4. The van der Waals surface area contributed by atoms with Crippen LogP contribution < -0.4 is 0 Å². The summed E-state index contributed by atoms with van der Waals surface area (Å²) in [4.78, 5) is 38.6. The van der Waals surface area contributed by atoms with E-state index in [1.807, 2.05) is 0 Å². The van der Waals surface area contributed by atoms with Crippen molar-refractivity contribution in [1.82, 2.24) is 0 Å². The van der Waals surface area contributed by atoms with Crippen molar-refractivity contribution in [2.75, 3.05) is 13.2 Å². The number of carbonyl (C=O) groups excluding carboxylic acids is 3. The van der Waals surface area contributed by atoms with E-state index < -0.39 is 6.10 Å². The van der Waals surface area contributed by atoms with E-state index >= 15 is 0 Å². The van der Waals surface area contributed by atoms with Crippen LogP contribution in [0.3, 0.4) is 0 Å². The van der Waals surface area contributed by atoms with E-state index in [2.05, 4.69) is 27.7 Å². The summed E-state index contributed by atoms with van der Waals surface area (Å²) in [6, 6.07) is 0. The van der Waals surface area contributed by atoms with Crippen molar-refractivity contribution >= 4 is 17.9 Å². The van der Waals surface area contributed by atoms with E-state index in [-0.39, 0.29) is 31.1 Å². The summed E-state index contributed by atoms with van der Waals surface area (Å²) in [7, 11) is 0. The van der Waals surface area contributed by atoms with Crippen LogP contribution in [0.15, 0.2) is 0 Å². The molecule has 554 valence electrons. The van der Waals surface area contributed by atoms with E-state index in [4.69, 9.17) is 14.2 Å². The van der Waals surface area contributed by atoms with Gasteiger partial charge < -0.3 is 14.2 Å². The normalized spacial score (nSPS) is 12.0. The SMILES string of the molecule is CCCCCCCCCCCCCCCCCCC(CCCCCCCCCCCCCCCCCC)CCCCCCCCCCCCCCC(=O)OCC(COC(=O)CCCCCCCCCCCCCCC)OC(=O)CCCCCCCCCCCCCCC. The molecule has 0 aromatic heterocycles. The Morgan fingerprint density at radius 3 is 0.527 bits per heavy atom. The van der Waals surface area contributed by atoms with Gasteiger partial charge in [0.2, 0.25) is 0 Å². The number of rotatable bonds is 82. The molecule has 0 N–H and O–H groups in total. The molecule has 0 aliphatic heterocycles. The molecule has 0 aliphatic carbocycles. The van der Waals surface area contributed by atoms with Crippen LogP contribution in [-0.4, -0.2) is 37.2 Å². The topological polar surface area (TPSA) is 78.9 Å². The van der Waals surface area contributed by atoms with Crippen molar-refractivity contribution in [3.63, 3.8) is 0 Å². The molecular formula is C87H170O6. The molecule has 0 aromatic rings. The van der Waals surface area contributed by atoms with Crippen LogP contribution in [0.1, 0.15) is 516 Å². The third-order valence-corrected chi connectivity index (χ3v) is 20.8. The molecule has 6 heteroatoms. The third kappa shape index (κ3) is 77.6. The molecule has 0 heterocycles. The van der Waals surface area contributed by atoms with Crippen molar-refractivity contribution in [2.45, 2.75) is 522 Å². The van der Waals surface area contributed by atoms with E-state index in [1.54, 1.807) is 0 Å². The summed E-state index contributed by atoms with van der Waals surface area (Å²) in [6.07, 6.45) is 99.2. The highest BCUT2D eigenvalue weighted by molar-refractivity contribution is 5.71. The fourth-order valence-electron chi connectivity index (χ4n) is 14.3. The molecule has 0 amide bonds. The van der Waals surface area contributed by atoms with E-state index in [1.165, 1.54) is 411 Å². The van der Waals surface area contributed by atoms with E-state index in [9.17, 15) is 14.4 Å². The average Bonchev–Trinajstić information content (AvgIpc) is 3.73. The summed E-state index contributed by atoms with van der Waals surface area (Å²) < 4.78 is 17.1. The minimum Gasteiger partial charge on any atom is -0.462 e. The van der Waals surface area contributed by atoms with E-state index in [0.29, 0.717) is 19.3 Å². The minimum absolute atomic E-state index is 0.0606. The molecule has 0 spiro atoms. The van der Waals surface area contributed by atoms with Crippen LogP contribution in [0.2, 0.25) is 0 Å². The van der Waals surface area contributed by atoms with Crippen molar-refractivity contribution in [1.29, 1.82) is 0 Å². The Morgan fingerprint density at radius 1 is 0.194 bits per heavy atom. The predicted octanol–water partition coefficient (Wildman–Crippen LogP) is 30.3. The molecule has 1 atom stereocenters. The Balaban J connectivity index is 4.51. The van der Waals surface area contributed by atoms with Gasteiger partial charge in [0.05, 0.1) is 0 Å². The molecule has 0 saturated carbocycles. The van der Waals surface area contributed by atoms with Crippen LogP contribution in [0, 0.1) is 5.92 Å². The van der Waals surface area contributed by atoms with Gasteiger partial charge in [0.15, 0.2) is 6.10 Å². The molecule has 0 rings (SSSR count). The number of unbranched alkanes of at least 4 members (excludes halogenated alkanes) is 65. The lowest BCUT2D eigenvalue weighted by atomic mass is 9.89. The average molecular weight is 1310 g/mol. The van der Waals surface area contributed by atoms with Gasteiger partial charge >= 0.3 is 17.9 Å². The molecule has 0 bridgehead atoms. The van der Waals surface area contributed by atoms with Crippen molar-refractivity contribution in [3.05, 3.63) is 0 Å². The Labute approximate surface area is 584 Å². The predicted molar refractivity (Wildman–Crippen MR) is 409 cm³/mol. The summed E-state index contributed by atoms with van der Waals surface area (Å²) >= 11 is 0. The number of hydrogen-bond acceptors (Lipinski definition) is 6. The zero-order chi connectivity index (χ0) is 67.2. The lowest BCUT2D eigenvalue weighted by Crippen LogP contribution is -2.30. The number of ether oxygens (including phenoxy) is 3. The highest BCUT2D eigenvalue weighted by Crippen LogP contribution is 2.26. The minimum atomic E-state index is -0.766. The third-order valence-electron chi connectivity index (χ3n) is 20.8. The van der Waals surface area contributed by atoms with Gasteiger partial charge in [0, 0.05) is 19.3 Å². The molecule has 6 nitrogen and oxygen atoms in total. The standard InChI is InChI=1S/C87H170O6/c1-5-9-13-17-21-25-29-33-35-37-41-45-51-57-63-69-75-83(76-70-64-58-52-46-42-38-36-34-30-26-22-18-14-10-6-2)77-71-65-59-53-47-43-44-49-55-61-67-73-79-86(89)92-82-84(93-87(90)80-74-68-62-56-50-40-32-28-24-20-16-12-8-4)81-91-85(88)78-72-66-60-54-48-39-31-27-23-19-15-11-7-3/h83-84H,5-82H2,1-4H3. The van der Waals surface area contributed by atoms with Crippen LogP contribution in [0.4, 0.5) is 0 Å². The maximum atomic E-state index is 13.0. The van der Waals surface area contributed by atoms with Crippen molar-refractivity contribution in [3.8, 4) is 0 Å². The Hall–Kier alpha value is -1.59. The monoisotopic (exact) mass is 1310 g/mol. The second-order valence-corrected chi connectivity index (χ2v) is 30.3. The van der Waals surface area contributed by atoms with Gasteiger partial charge in [-0.2, -0.15) is 0 Å². The fourth-order valence-corrected chi connectivity index (χ4v) is 14.3. The summed E-state index contributed by atoms with van der Waals surface area (Å²) in [6.45, 7) is 9.06. The van der Waals surface area contributed by atoms with Crippen LogP contribution in [0.25, 0.3) is 0 Å². The first-order valence-electron chi connectivity index (χ1n) is 43.5. The van der Waals surface area contributed by atoms with Gasteiger partial charge in [0.25, 0.3) is 0 Å². The number of carbonyl (C=O) groups is 3. The zero-order valence-electron chi connectivity index (χ0n) is 64.3. The van der Waals surface area contributed by atoms with Crippen LogP contribution in [-0.2, 0) is 28.6 Å². The smallest absolute Gasteiger partial charge is 0.306 e. The number of hydrogen-bond donors (Lipinski definition) is 0. The first-order valence-corrected chi connectivity index (χ1v) is 43.5. The van der Waals surface area contributed by atoms with Gasteiger partial charge in [-0.3, -0.25) is 14.4 Å². The first-order chi connectivity index (χ1) is 46.0. The Morgan fingerprint density at radius 2 is 0.344 bits per heavy atom. The molecule has 0 aliphatic rings. The molecule has 93 heavy (non-hydrogen) atoms.